The molecular formula is C13H12ClFN2O. The van der Waals surface area contributed by atoms with Gasteiger partial charge in [-0.3, -0.25) is 0 Å². The first kappa shape index (κ1) is 12.8. The number of pyridine rings is 1. The zero-order valence-electron chi connectivity index (χ0n) is 9.78. The van der Waals surface area contributed by atoms with Crippen molar-refractivity contribution < 1.29 is 9.13 Å². The van der Waals surface area contributed by atoms with Crippen LogP contribution < -0.4 is 10.5 Å². The molecule has 0 amide bonds. The van der Waals surface area contributed by atoms with Crippen LogP contribution in [0.25, 0.3) is 0 Å². The van der Waals surface area contributed by atoms with E-state index in [0.717, 1.165) is 5.56 Å². The van der Waals surface area contributed by atoms with Crippen molar-refractivity contribution in [2.75, 3.05) is 0 Å². The first-order chi connectivity index (χ1) is 8.60. The molecule has 0 radical (unpaired) electrons. The van der Waals surface area contributed by atoms with Gasteiger partial charge in [-0.1, -0.05) is 17.7 Å². The van der Waals surface area contributed by atoms with Crippen molar-refractivity contribution in [3.63, 3.8) is 0 Å². The minimum atomic E-state index is -0.438. The fraction of sp³-hybridized carbons (Fsp3) is 0.154. The number of halogens is 2. The normalized spacial score (nSPS) is 10.4. The second-order valence-corrected chi connectivity index (χ2v) is 4.26. The van der Waals surface area contributed by atoms with E-state index in [2.05, 4.69) is 4.98 Å². The van der Waals surface area contributed by atoms with E-state index in [4.69, 9.17) is 22.1 Å². The summed E-state index contributed by atoms with van der Waals surface area (Å²) in [7, 11) is 0. The Hall–Kier alpha value is -1.65. The second-order valence-electron chi connectivity index (χ2n) is 3.85. The van der Waals surface area contributed by atoms with Gasteiger partial charge >= 0.3 is 0 Å². The lowest BCUT2D eigenvalue weighted by Gasteiger charge is -2.08. The Kier molecular flexibility index (Phi) is 3.79. The van der Waals surface area contributed by atoms with Gasteiger partial charge in [0.1, 0.15) is 0 Å². The highest BCUT2D eigenvalue weighted by Gasteiger charge is 2.08. The van der Waals surface area contributed by atoms with Gasteiger partial charge < -0.3 is 10.5 Å². The minimum Gasteiger partial charge on any atom is -0.436 e. The van der Waals surface area contributed by atoms with Crippen LogP contribution in [-0.2, 0) is 6.54 Å². The third-order valence-corrected chi connectivity index (χ3v) is 2.77. The summed E-state index contributed by atoms with van der Waals surface area (Å²) in [5, 5.41) is 0.467. The zero-order chi connectivity index (χ0) is 13.1. The first-order valence-electron chi connectivity index (χ1n) is 5.38. The Labute approximate surface area is 109 Å². The number of nitrogens with zero attached hydrogens (tertiary/aromatic N) is 1. The van der Waals surface area contributed by atoms with Gasteiger partial charge in [0.25, 0.3) is 0 Å². The maximum atomic E-state index is 13.5. The lowest BCUT2D eigenvalue weighted by atomic mass is 10.2. The highest BCUT2D eigenvalue weighted by atomic mass is 35.5. The van der Waals surface area contributed by atoms with Crippen LogP contribution in [0.2, 0.25) is 5.02 Å². The standard InChI is InChI=1S/C13H12ClFN2O/c1-8-2-3-11(15)12(4-8)18-13-5-9(6-16)10(14)7-17-13/h2-5,7H,6,16H2,1H3. The van der Waals surface area contributed by atoms with Gasteiger partial charge in [0, 0.05) is 18.8 Å². The lowest BCUT2D eigenvalue weighted by Crippen LogP contribution is -1.99. The molecule has 0 bridgehead atoms. The predicted octanol–water partition coefficient (Wildman–Crippen LogP) is 3.43. The molecule has 2 rings (SSSR count). The number of rotatable bonds is 3. The van der Waals surface area contributed by atoms with Gasteiger partial charge in [-0.15, -0.1) is 0 Å². The van der Waals surface area contributed by atoms with Gasteiger partial charge in [-0.05, 0) is 30.2 Å². The van der Waals surface area contributed by atoms with E-state index in [-0.39, 0.29) is 18.2 Å². The van der Waals surface area contributed by atoms with E-state index in [1.165, 1.54) is 12.3 Å². The summed E-state index contributed by atoms with van der Waals surface area (Å²) in [5.41, 5.74) is 7.13. The molecule has 18 heavy (non-hydrogen) atoms. The van der Waals surface area contributed by atoms with E-state index in [1.807, 2.05) is 6.92 Å². The Morgan fingerprint density at radius 1 is 1.39 bits per heavy atom. The van der Waals surface area contributed by atoms with E-state index in [9.17, 15) is 4.39 Å². The Morgan fingerprint density at radius 2 is 2.17 bits per heavy atom. The van der Waals surface area contributed by atoms with Crippen molar-refractivity contribution in [1.29, 1.82) is 0 Å². The summed E-state index contributed by atoms with van der Waals surface area (Å²) in [5.74, 6) is -0.0382. The number of benzene rings is 1. The number of aryl methyl sites for hydroxylation is 1. The molecule has 2 aromatic rings. The molecule has 0 saturated heterocycles. The smallest absolute Gasteiger partial charge is 0.219 e. The number of hydrogen-bond acceptors (Lipinski definition) is 3. The molecule has 0 aliphatic rings. The summed E-state index contributed by atoms with van der Waals surface area (Å²) in [6.07, 6.45) is 1.44. The maximum Gasteiger partial charge on any atom is 0.219 e. The van der Waals surface area contributed by atoms with Crippen LogP contribution in [0, 0.1) is 12.7 Å². The molecule has 2 N–H and O–H groups in total. The Balaban J connectivity index is 2.31. The fourth-order valence-electron chi connectivity index (χ4n) is 1.47. The molecule has 0 spiro atoms. The zero-order valence-corrected chi connectivity index (χ0v) is 10.5. The van der Waals surface area contributed by atoms with Crippen LogP contribution in [0.4, 0.5) is 4.39 Å². The largest absolute Gasteiger partial charge is 0.436 e. The van der Waals surface area contributed by atoms with E-state index >= 15 is 0 Å². The van der Waals surface area contributed by atoms with Crippen LogP contribution in [0.1, 0.15) is 11.1 Å². The van der Waals surface area contributed by atoms with Crippen molar-refractivity contribution in [3.8, 4) is 11.6 Å². The average molecular weight is 267 g/mol. The molecule has 0 aliphatic heterocycles. The topological polar surface area (TPSA) is 48.1 Å². The molecule has 5 heteroatoms. The van der Waals surface area contributed by atoms with Crippen molar-refractivity contribution in [2.45, 2.75) is 13.5 Å². The van der Waals surface area contributed by atoms with Gasteiger partial charge in [0.05, 0.1) is 5.02 Å². The maximum absolute atomic E-state index is 13.5. The van der Waals surface area contributed by atoms with E-state index in [0.29, 0.717) is 10.6 Å². The quantitative estimate of drug-likeness (QED) is 0.926. The van der Waals surface area contributed by atoms with E-state index in [1.54, 1.807) is 18.2 Å². The molecule has 94 valence electrons. The van der Waals surface area contributed by atoms with Crippen LogP contribution in [-0.4, -0.2) is 4.98 Å². The highest BCUT2D eigenvalue weighted by molar-refractivity contribution is 6.31. The summed E-state index contributed by atoms with van der Waals surface area (Å²) in [4.78, 5) is 3.98. The third kappa shape index (κ3) is 2.78. The van der Waals surface area contributed by atoms with Crippen LogP contribution in [0.3, 0.4) is 0 Å². The summed E-state index contributed by atoms with van der Waals surface area (Å²) >= 11 is 5.88. The molecule has 1 heterocycles. The molecular weight excluding hydrogens is 255 g/mol. The number of ether oxygens (including phenoxy) is 1. The van der Waals surface area contributed by atoms with Crippen LogP contribution in [0.5, 0.6) is 11.6 Å². The molecule has 0 unspecified atom stereocenters. The Bertz CT molecular complexity index is 575. The van der Waals surface area contributed by atoms with Crippen molar-refractivity contribution in [1.82, 2.24) is 4.98 Å². The summed E-state index contributed by atoms with van der Waals surface area (Å²) < 4.78 is 18.9. The molecule has 0 fully saturated rings. The predicted molar refractivity (Wildman–Crippen MR) is 68.3 cm³/mol. The third-order valence-electron chi connectivity index (χ3n) is 2.43. The summed E-state index contributed by atoms with van der Waals surface area (Å²) in [6.45, 7) is 2.13. The SMILES string of the molecule is Cc1ccc(F)c(Oc2cc(CN)c(Cl)cn2)c1. The monoisotopic (exact) mass is 266 g/mol. The highest BCUT2D eigenvalue weighted by Crippen LogP contribution is 2.26. The molecule has 0 aliphatic carbocycles. The van der Waals surface area contributed by atoms with Gasteiger partial charge in [-0.25, -0.2) is 9.37 Å². The molecule has 1 aromatic carbocycles. The van der Waals surface area contributed by atoms with Crippen LogP contribution in [0.15, 0.2) is 30.5 Å². The van der Waals surface area contributed by atoms with Gasteiger partial charge in [0.15, 0.2) is 11.6 Å². The Morgan fingerprint density at radius 3 is 2.89 bits per heavy atom. The molecule has 0 saturated carbocycles. The number of nitrogens with two attached hydrogens (primary N) is 1. The number of hydrogen-bond donors (Lipinski definition) is 1. The van der Waals surface area contributed by atoms with Crippen molar-refractivity contribution >= 4 is 11.6 Å². The van der Waals surface area contributed by atoms with Crippen molar-refractivity contribution in [2.24, 2.45) is 5.73 Å². The van der Waals surface area contributed by atoms with Gasteiger partial charge in [0.2, 0.25) is 5.88 Å². The van der Waals surface area contributed by atoms with Crippen LogP contribution >= 0.6 is 11.6 Å². The first-order valence-corrected chi connectivity index (χ1v) is 5.76. The fourth-order valence-corrected chi connectivity index (χ4v) is 1.65. The summed E-state index contributed by atoms with van der Waals surface area (Å²) in [6, 6.07) is 6.23. The van der Waals surface area contributed by atoms with Crippen molar-refractivity contribution in [3.05, 3.63) is 52.4 Å². The number of aromatic nitrogens is 1. The molecule has 0 atom stereocenters. The van der Waals surface area contributed by atoms with E-state index < -0.39 is 5.82 Å². The second kappa shape index (κ2) is 5.33. The molecule has 3 nitrogen and oxygen atoms in total. The minimum absolute atomic E-state index is 0.132. The molecule has 1 aromatic heterocycles. The average Bonchev–Trinajstić information content (AvgIpc) is 2.36. The lowest BCUT2D eigenvalue weighted by molar-refractivity contribution is 0.426. The van der Waals surface area contributed by atoms with Gasteiger partial charge in [-0.2, -0.15) is 0 Å².